The Morgan fingerprint density at radius 2 is 2.21 bits per heavy atom. The molecule has 2 nitrogen and oxygen atoms in total. The van der Waals surface area contributed by atoms with Crippen molar-refractivity contribution in [1.82, 2.24) is 4.90 Å². The van der Waals surface area contributed by atoms with Gasteiger partial charge in [0.1, 0.15) is 0 Å². The molecule has 2 aliphatic rings. The normalized spacial score (nSPS) is 40.3. The topological polar surface area (TPSA) is 12.5 Å². The van der Waals surface area contributed by atoms with Crippen molar-refractivity contribution >= 4 is 0 Å². The fourth-order valence-electron chi connectivity index (χ4n) is 3.19. The van der Waals surface area contributed by atoms with Gasteiger partial charge >= 0.3 is 0 Å². The van der Waals surface area contributed by atoms with Gasteiger partial charge < -0.3 is 9.64 Å². The fraction of sp³-hybridized carbons (Fsp3) is 1.00. The SMILES string of the molecule is CCC1CN(C)CC1C1CCCOC1. The van der Waals surface area contributed by atoms with Crippen molar-refractivity contribution in [2.45, 2.75) is 26.2 Å². The summed E-state index contributed by atoms with van der Waals surface area (Å²) in [5.74, 6) is 2.68. The molecule has 3 unspecified atom stereocenters. The molecule has 2 aliphatic heterocycles. The molecule has 0 N–H and O–H groups in total. The van der Waals surface area contributed by atoms with Crippen molar-refractivity contribution in [3.8, 4) is 0 Å². The maximum atomic E-state index is 5.60. The van der Waals surface area contributed by atoms with Crippen molar-refractivity contribution < 1.29 is 4.74 Å². The van der Waals surface area contributed by atoms with Crippen LogP contribution in [-0.2, 0) is 4.74 Å². The summed E-state index contributed by atoms with van der Waals surface area (Å²) in [6, 6.07) is 0. The van der Waals surface area contributed by atoms with Gasteiger partial charge in [-0.05, 0) is 37.6 Å². The van der Waals surface area contributed by atoms with E-state index in [9.17, 15) is 0 Å². The van der Waals surface area contributed by atoms with E-state index in [1.807, 2.05) is 0 Å². The number of rotatable bonds is 2. The van der Waals surface area contributed by atoms with E-state index in [2.05, 4.69) is 18.9 Å². The quantitative estimate of drug-likeness (QED) is 0.671. The first kappa shape index (κ1) is 10.4. The van der Waals surface area contributed by atoms with Crippen molar-refractivity contribution in [3.63, 3.8) is 0 Å². The van der Waals surface area contributed by atoms with E-state index < -0.39 is 0 Å². The van der Waals surface area contributed by atoms with Crippen LogP contribution in [0.15, 0.2) is 0 Å². The summed E-state index contributed by atoms with van der Waals surface area (Å²) in [4.78, 5) is 2.49. The van der Waals surface area contributed by atoms with Gasteiger partial charge in [-0.2, -0.15) is 0 Å². The molecule has 0 aromatic carbocycles. The molecule has 2 fully saturated rings. The van der Waals surface area contributed by atoms with Crippen LogP contribution in [0.25, 0.3) is 0 Å². The predicted molar refractivity (Wildman–Crippen MR) is 58.3 cm³/mol. The lowest BCUT2D eigenvalue weighted by atomic mass is 9.80. The predicted octanol–water partition coefficient (Wildman–Crippen LogP) is 2.00. The minimum absolute atomic E-state index is 0.846. The fourth-order valence-corrected chi connectivity index (χ4v) is 3.19. The van der Waals surface area contributed by atoms with Crippen molar-refractivity contribution in [2.75, 3.05) is 33.4 Å². The van der Waals surface area contributed by atoms with Gasteiger partial charge in [0.2, 0.25) is 0 Å². The summed E-state index contributed by atoms with van der Waals surface area (Å²) in [6.45, 7) is 6.95. The molecule has 0 bridgehead atoms. The third kappa shape index (κ3) is 2.12. The highest BCUT2D eigenvalue weighted by Gasteiger charge is 2.35. The monoisotopic (exact) mass is 197 g/mol. The molecule has 0 aromatic rings. The summed E-state index contributed by atoms with van der Waals surface area (Å²) in [5.41, 5.74) is 0. The van der Waals surface area contributed by atoms with Crippen LogP contribution in [0.5, 0.6) is 0 Å². The highest BCUT2D eigenvalue weighted by Crippen LogP contribution is 2.35. The second-order valence-electron chi connectivity index (χ2n) is 5.03. The van der Waals surface area contributed by atoms with E-state index in [4.69, 9.17) is 4.74 Å². The van der Waals surface area contributed by atoms with Crippen LogP contribution >= 0.6 is 0 Å². The van der Waals surface area contributed by atoms with Crippen molar-refractivity contribution in [3.05, 3.63) is 0 Å². The molecular formula is C12H23NO. The van der Waals surface area contributed by atoms with Crippen LogP contribution in [0, 0.1) is 17.8 Å². The average molecular weight is 197 g/mol. The van der Waals surface area contributed by atoms with Gasteiger partial charge in [-0.1, -0.05) is 13.3 Å². The molecule has 0 aromatic heterocycles. The zero-order valence-corrected chi connectivity index (χ0v) is 9.54. The lowest BCUT2D eigenvalue weighted by Crippen LogP contribution is -2.29. The molecule has 2 heterocycles. The second-order valence-corrected chi connectivity index (χ2v) is 5.03. The molecular weight excluding hydrogens is 174 g/mol. The minimum atomic E-state index is 0.846. The molecule has 2 heteroatoms. The van der Waals surface area contributed by atoms with Crippen LogP contribution in [0.1, 0.15) is 26.2 Å². The third-order valence-corrected chi connectivity index (χ3v) is 4.00. The Bertz CT molecular complexity index is 177. The Kier molecular flexibility index (Phi) is 3.45. The van der Waals surface area contributed by atoms with E-state index in [1.54, 1.807) is 0 Å². The smallest absolute Gasteiger partial charge is 0.0497 e. The zero-order valence-electron chi connectivity index (χ0n) is 9.54. The lowest BCUT2D eigenvalue weighted by Gasteiger charge is -2.30. The van der Waals surface area contributed by atoms with Gasteiger partial charge in [0.15, 0.2) is 0 Å². The maximum absolute atomic E-state index is 5.60. The van der Waals surface area contributed by atoms with Gasteiger partial charge in [-0.3, -0.25) is 0 Å². The third-order valence-electron chi connectivity index (χ3n) is 4.00. The van der Waals surface area contributed by atoms with Crippen LogP contribution in [0.3, 0.4) is 0 Å². The van der Waals surface area contributed by atoms with E-state index >= 15 is 0 Å². The lowest BCUT2D eigenvalue weighted by molar-refractivity contribution is 0.0243. The summed E-state index contributed by atoms with van der Waals surface area (Å²) < 4.78 is 5.60. The number of hydrogen-bond acceptors (Lipinski definition) is 2. The molecule has 2 rings (SSSR count). The Hall–Kier alpha value is -0.0800. The largest absolute Gasteiger partial charge is 0.381 e. The Morgan fingerprint density at radius 1 is 1.36 bits per heavy atom. The summed E-state index contributed by atoms with van der Waals surface area (Å²) >= 11 is 0. The Balaban J connectivity index is 1.94. The number of likely N-dealkylation sites (tertiary alicyclic amines) is 1. The van der Waals surface area contributed by atoms with Crippen molar-refractivity contribution in [1.29, 1.82) is 0 Å². The van der Waals surface area contributed by atoms with Crippen LogP contribution < -0.4 is 0 Å². The standard InChI is InChI=1S/C12H23NO/c1-3-10-7-13(2)8-12(10)11-5-4-6-14-9-11/h10-12H,3-9H2,1-2H3. The molecule has 82 valence electrons. The van der Waals surface area contributed by atoms with Gasteiger partial charge in [-0.15, -0.1) is 0 Å². The van der Waals surface area contributed by atoms with Gasteiger partial charge in [0, 0.05) is 26.3 Å². The van der Waals surface area contributed by atoms with Crippen LogP contribution in [0.4, 0.5) is 0 Å². The summed E-state index contributed by atoms with van der Waals surface area (Å²) in [6.07, 6.45) is 4.02. The minimum Gasteiger partial charge on any atom is -0.381 e. The summed E-state index contributed by atoms with van der Waals surface area (Å²) in [7, 11) is 2.26. The van der Waals surface area contributed by atoms with Crippen molar-refractivity contribution in [2.24, 2.45) is 17.8 Å². The van der Waals surface area contributed by atoms with Gasteiger partial charge in [0.25, 0.3) is 0 Å². The molecule has 3 atom stereocenters. The maximum Gasteiger partial charge on any atom is 0.0497 e. The molecule has 0 saturated carbocycles. The molecule has 14 heavy (non-hydrogen) atoms. The van der Waals surface area contributed by atoms with E-state index in [0.717, 1.165) is 31.0 Å². The number of hydrogen-bond donors (Lipinski definition) is 0. The van der Waals surface area contributed by atoms with E-state index in [1.165, 1.54) is 32.4 Å². The number of ether oxygens (including phenoxy) is 1. The molecule has 0 radical (unpaired) electrons. The number of nitrogens with zero attached hydrogens (tertiary/aromatic N) is 1. The van der Waals surface area contributed by atoms with Crippen LogP contribution in [-0.4, -0.2) is 38.3 Å². The first-order valence-corrected chi connectivity index (χ1v) is 6.07. The van der Waals surface area contributed by atoms with E-state index in [0.29, 0.717) is 0 Å². The summed E-state index contributed by atoms with van der Waals surface area (Å²) in [5, 5.41) is 0. The van der Waals surface area contributed by atoms with Gasteiger partial charge in [-0.25, -0.2) is 0 Å². The first-order chi connectivity index (χ1) is 6.81. The molecule has 2 saturated heterocycles. The zero-order chi connectivity index (χ0) is 9.97. The molecule has 0 aliphatic carbocycles. The molecule has 0 spiro atoms. The van der Waals surface area contributed by atoms with E-state index in [-0.39, 0.29) is 0 Å². The second kappa shape index (κ2) is 4.63. The highest BCUT2D eigenvalue weighted by molar-refractivity contribution is 4.86. The average Bonchev–Trinajstić information content (AvgIpc) is 2.61. The molecule has 0 amide bonds. The first-order valence-electron chi connectivity index (χ1n) is 6.07. The Labute approximate surface area is 87.6 Å². The van der Waals surface area contributed by atoms with Crippen LogP contribution in [0.2, 0.25) is 0 Å². The Morgan fingerprint density at radius 3 is 2.86 bits per heavy atom. The van der Waals surface area contributed by atoms with Gasteiger partial charge in [0.05, 0.1) is 0 Å². The highest BCUT2D eigenvalue weighted by atomic mass is 16.5.